The lowest BCUT2D eigenvalue weighted by Crippen LogP contribution is -2.12. The van der Waals surface area contributed by atoms with Crippen molar-refractivity contribution in [2.24, 2.45) is 5.73 Å². The number of carbonyl (C=O) groups is 1. The Morgan fingerprint density at radius 2 is 2.38 bits per heavy atom. The van der Waals surface area contributed by atoms with E-state index in [0.717, 1.165) is 0 Å². The van der Waals surface area contributed by atoms with Crippen molar-refractivity contribution in [3.8, 4) is 0 Å². The smallest absolute Gasteiger partial charge is 0.282 e. The number of hydrogen-bond donors (Lipinski definition) is 1. The van der Waals surface area contributed by atoms with Crippen LogP contribution in [-0.2, 0) is 4.55 Å². The van der Waals surface area contributed by atoms with Gasteiger partial charge in [0, 0.05) is 6.20 Å². The third-order valence-corrected chi connectivity index (χ3v) is 2.08. The van der Waals surface area contributed by atoms with Crippen molar-refractivity contribution in [3.05, 3.63) is 17.5 Å². The summed E-state index contributed by atoms with van der Waals surface area (Å²) in [6, 6.07) is 0. The second kappa shape index (κ2) is 3.99. The first-order valence-electron chi connectivity index (χ1n) is 3.27. The molecule has 4 nitrogen and oxygen atoms in total. The van der Waals surface area contributed by atoms with Crippen LogP contribution in [-0.4, -0.2) is 15.7 Å². The van der Waals surface area contributed by atoms with E-state index in [1.54, 1.807) is 0 Å². The predicted molar refractivity (Wildman–Crippen MR) is 49.7 cm³/mol. The number of primary amides is 1. The molecule has 0 fully saturated rings. The summed E-state index contributed by atoms with van der Waals surface area (Å²) in [6.07, 6.45) is -1.55. The lowest BCUT2D eigenvalue weighted by molar-refractivity contribution is 0.0985. The van der Waals surface area contributed by atoms with Crippen molar-refractivity contribution in [1.82, 2.24) is 9.78 Å². The summed E-state index contributed by atoms with van der Waals surface area (Å²) in [5, 5.41) is 3.51. The first-order valence-corrected chi connectivity index (χ1v) is 4.80. The highest BCUT2D eigenvalue weighted by atomic mass is 127. The van der Waals surface area contributed by atoms with E-state index in [2.05, 4.69) is 5.10 Å². The molecule has 0 unspecified atom stereocenters. The zero-order valence-corrected chi connectivity index (χ0v) is 8.53. The molecule has 7 heteroatoms. The summed E-state index contributed by atoms with van der Waals surface area (Å²) in [4.78, 5) is 10.7. The van der Waals surface area contributed by atoms with Crippen LogP contribution in [0.5, 0.6) is 0 Å². The number of carbonyl (C=O) groups excluding carboxylic acids is 1. The minimum absolute atomic E-state index is 0.216. The Morgan fingerprint density at radius 1 is 1.77 bits per heavy atom. The monoisotopic (exact) mass is 301 g/mol. The first kappa shape index (κ1) is 10.4. The molecule has 72 valence electrons. The Labute approximate surface area is 86.2 Å². The lowest BCUT2D eigenvalue weighted by Gasteiger charge is -1.94. The van der Waals surface area contributed by atoms with Crippen LogP contribution in [0.4, 0.5) is 8.78 Å². The topological polar surface area (TPSA) is 60.9 Å². The van der Waals surface area contributed by atoms with E-state index in [1.807, 2.05) is 22.6 Å². The Morgan fingerprint density at radius 3 is 2.69 bits per heavy atom. The van der Waals surface area contributed by atoms with Crippen molar-refractivity contribution in [2.45, 2.75) is 11.0 Å². The van der Waals surface area contributed by atoms with Gasteiger partial charge in [-0.25, -0.2) is 8.78 Å². The SMILES string of the molecule is NC(=O)c1cn(CI)nc1C(F)F. The first-order chi connectivity index (χ1) is 6.06. The van der Waals surface area contributed by atoms with Crippen molar-refractivity contribution in [2.75, 3.05) is 0 Å². The zero-order valence-electron chi connectivity index (χ0n) is 6.38. The third-order valence-electron chi connectivity index (χ3n) is 1.38. The fraction of sp³-hybridized carbons (Fsp3) is 0.333. The number of nitrogens with two attached hydrogens (primary N) is 1. The Balaban J connectivity index is 3.15. The van der Waals surface area contributed by atoms with Crippen LogP contribution in [0.1, 0.15) is 22.5 Å². The van der Waals surface area contributed by atoms with Crippen LogP contribution in [0.25, 0.3) is 0 Å². The number of alkyl halides is 3. The molecule has 0 aliphatic rings. The molecule has 0 aliphatic heterocycles. The van der Waals surface area contributed by atoms with Crippen LogP contribution < -0.4 is 5.73 Å². The van der Waals surface area contributed by atoms with Crippen molar-refractivity contribution >= 4 is 28.5 Å². The summed E-state index contributed by atoms with van der Waals surface area (Å²) in [7, 11) is 0. The Bertz CT molecular complexity index is 326. The molecule has 0 aromatic carbocycles. The van der Waals surface area contributed by atoms with Crippen LogP contribution in [0.3, 0.4) is 0 Å². The minimum Gasteiger partial charge on any atom is -0.365 e. The van der Waals surface area contributed by atoms with Gasteiger partial charge in [-0.2, -0.15) is 5.10 Å². The highest BCUT2D eigenvalue weighted by molar-refractivity contribution is 14.1. The number of aromatic nitrogens is 2. The summed E-state index contributed by atoms with van der Waals surface area (Å²) < 4.78 is 26.1. The van der Waals surface area contributed by atoms with Gasteiger partial charge in [0.1, 0.15) is 5.69 Å². The van der Waals surface area contributed by atoms with Gasteiger partial charge in [0.25, 0.3) is 12.3 Å². The van der Waals surface area contributed by atoms with E-state index in [9.17, 15) is 13.6 Å². The van der Waals surface area contributed by atoms with Gasteiger partial charge in [0.2, 0.25) is 0 Å². The minimum atomic E-state index is -2.77. The molecule has 1 rings (SSSR count). The summed E-state index contributed by atoms with van der Waals surface area (Å²) in [6.45, 7) is 0. The third kappa shape index (κ3) is 2.14. The maximum Gasteiger partial charge on any atom is 0.282 e. The molecule has 0 spiro atoms. The van der Waals surface area contributed by atoms with Crippen LogP contribution in [0, 0.1) is 0 Å². The van der Waals surface area contributed by atoms with E-state index < -0.39 is 18.0 Å². The molecule has 13 heavy (non-hydrogen) atoms. The molecule has 0 aliphatic carbocycles. The standard InChI is InChI=1S/C6H6F2IN3O/c7-5(8)4-3(6(10)13)1-12(2-9)11-4/h1,5H,2H2,(H2,10,13). The molecule has 0 bridgehead atoms. The number of nitrogens with zero attached hydrogens (tertiary/aromatic N) is 2. The van der Waals surface area contributed by atoms with Crippen LogP contribution >= 0.6 is 22.6 Å². The molecule has 2 N–H and O–H groups in total. The van der Waals surface area contributed by atoms with Crippen molar-refractivity contribution < 1.29 is 13.6 Å². The quantitative estimate of drug-likeness (QED) is 0.676. The fourth-order valence-corrected chi connectivity index (χ4v) is 1.20. The molecule has 0 atom stereocenters. The number of rotatable bonds is 3. The molecule has 1 heterocycles. The number of hydrogen-bond acceptors (Lipinski definition) is 2. The molecule has 1 aromatic heterocycles. The molecule has 1 aromatic rings. The van der Waals surface area contributed by atoms with E-state index in [-0.39, 0.29) is 5.56 Å². The highest BCUT2D eigenvalue weighted by Gasteiger charge is 2.21. The van der Waals surface area contributed by atoms with Crippen molar-refractivity contribution in [1.29, 1.82) is 0 Å². The van der Waals surface area contributed by atoms with E-state index >= 15 is 0 Å². The van der Waals surface area contributed by atoms with Gasteiger partial charge in [-0.05, 0) is 0 Å². The number of amides is 1. The molecule has 1 amide bonds. The van der Waals surface area contributed by atoms with Gasteiger partial charge in [-0.3, -0.25) is 9.48 Å². The molecular formula is C6H6F2IN3O. The normalized spacial score (nSPS) is 10.8. The molecule has 0 radical (unpaired) electrons. The van der Waals surface area contributed by atoms with Gasteiger partial charge in [-0.15, -0.1) is 0 Å². The molecule has 0 saturated heterocycles. The largest absolute Gasteiger partial charge is 0.365 e. The van der Waals surface area contributed by atoms with Gasteiger partial charge in [-0.1, -0.05) is 22.6 Å². The van der Waals surface area contributed by atoms with Crippen LogP contribution in [0.2, 0.25) is 0 Å². The summed E-state index contributed by atoms with van der Waals surface area (Å²) >= 11 is 1.93. The predicted octanol–water partition coefficient (Wildman–Crippen LogP) is 1.31. The number of halogens is 3. The summed E-state index contributed by atoms with van der Waals surface area (Å²) in [5.74, 6) is -0.883. The van der Waals surface area contributed by atoms with E-state index in [1.165, 1.54) is 10.9 Å². The lowest BCUT2D eigenvalue weighted by atomic mass is 10.2. The van der Waals surface area contributed by atoms with Gasteiger partial charge in [0.15, 0.2) is 0 Å². The van der Waals surface area contributed by atoms with Gasteiger partial charge < -0.3 is 5.73 Å². The summed E-state index contributed by atoms with van der Waals surface area (Å²) in [5.41, 5.74) is 4.12. The molecular weight excluding hydrogens is 295 g/mol. The second-order valence-electron chi connectivity index (χ2n) is 2.25. The maximum atomic E-state index is 12.3. The molecule has 0 saturated carbocycles. The Hall–Kier alpha value is -0.730. The van der Waals surface area contributed by atoms with Crippen LogP contribution in [0.15, 0.2) is 6.20 Å². The van der Waals surface area contributed by atoms with E-state index in [0.29, 0.717) is 4.55 Å². The average molecular weight is 301 g/mol. The van der Waals surface area contributed by atoms with Gasteiger partial charge in [0.05, 0.1) is 10.1 Å². The maximum absolute atomic E-state index is 12.3. The Kier molecular flexibility index (Phi) is 3.17. The van der Waals surface area contributed by atoms with E-state index in [4.69, 9.17) is 5.73 Å². The second-order valence-corrected chi connectivity index (χ2v) is 2.93. The highest BCUT2D eigenvalue weighted by Crippen LogP contribution is 2.20. The average Bonchev–Trinajstić information content (AvgIpc) is 2.47. The van der Waals surface area contributed by atoms with Gasteiger partial charge >= 0.3 is 0 Å². The van der Waals surface area contributed by atoms with Crippen molar-refractivity contribution in [3.63, 3.8) is 0 Å². The fourth-order valence-electron chi connectivity index (χ4n) is 0.849. The zero-order chi connectivity index (χ0) is 10.0.